The van der Waals surface area contributed by atoms with E-state index in [2.05, 4.69) is 5.32 Å². The number of nitrogens with one attached hydrogen (secondary N) is 1. The van der Waals surface area contributed by atoms with Crippen LogP contribution >= 0.6 is 0 Å². The SMILES string of the molecule is O=C(NCc1cccc(C(F)(F)F)c1)C1CCN(c2ccccc2[N+](=O)[O-])CC1. The van der Waals surface area contributed by atoms with Crippen LogP contribution in [0.1, 0.15) is 24.0 Å². The van der Waals surface area contributed by atoms with Gasteiger partial charge in [-0.15, -0.1) is 0 Å². The summed E-state index contributed by atoms with van der Waals surface area (Å²) < 4.78 is 38.3. The number of anilines is 1. The molecule has 0 aliphatic carbocycles. The average Bonchev–Trinajstić information content (AvgIpc) is 2.71. The molecule has 6 nitrogen and oxygen atoms in total. The Kier molecular flexibility index (Phi) is 6.05. The van der Waals surface area contributed by atoms with Crippen LogP contribution in [0, 0.1) is 16.0 Å². The van der Waals surface area contributed by atoms with Crippen molar-refractivity contribution in [2.45, 2.75) is 25.6 Å². The molecule has 29 heavy (non-hydrogen) atoms. The summed E-state index contributed by atoms with van der Waals surface area (Å²) in [6, 6.07) is 11.3. The Balaban J connectivity index is 1.55. The summed E-state index contributed by atoms with van der Waals surface area (Å²) in [7, 11) is 0. The summed E-state index contributed by atoms with van der Waals surface area (Å²) in [5.74, 6) is -0.496. The number of hydrogen-bond donors (Lipinski definition) is 1. The van der Waals surface area contributed by atoms with Gasteiger partial charge in [0.15, 0.2) is 0 Å². The first-order valence-electron chi connectivity index (χ1n) is 9.18. The number of piperidine rings is 1. The van der Waals surface area contributed by atoms with Crippen molar-refractivity contribution in [1.82, 2.24) is 5.32 Å². The Morgan fingerprint density at radius 2 is 1.83 bits per heavy atom. The number of carbonyl (C=O) groups is 1. The number of nitro groups is 1. The minimum Gasteiger partial charge on any atom is -0.366 e. The Hall–Kier alpha value is -3.10. The van der Waals surface area contributed by atoms with Gasteiger partial charge >= 0.3 is 6.18 Å². The Morgan fingerprint density at radius 1 is 1.14 bits per heavy atom. The van der Waals surface area contributed by atoms with Gasteiger partial charge in [-0.1, -0.05) is 24.3 Å². The second kappa shape index (κ2) is 8.50. The molecule has 9 heteroatoms. The van der Waals surface area contributed by atoms with Gasteiger partial charge in [0.2, 0.25) is 5.91 Å². The number of amides is 1. The van der Waals surface area contributed by atoms with E-state index < -0.39 is 16.7 Å². The lowest BCUT2D eigenvalue weighted by Crippen LogP contribution is -2.40. The lowest BCUT2D eigenvalue weighted by molar-refractivity contribution is -0.384. The van der Waals surface area contributed by atoms with Gasteiger partial charge in [-0.3, -0.25) is 14.9 Å². The molecule has 2 aromatic rings. The molecule has 0 unspecified atom stereocenters. The zero-order valence-electron chi connectivity index (χ0n) is 15.5. The summed E-state index contributed by atoms with van der Waals surface area (Å²) >= 11 is 0. The second-order valence-corrected chi connectivity index (χ2v) is 6.92. The zero-order valence-corrected chi connectivity index (χ0v) is 15.5. The van der Waals surface area contributed by atoms with Crippen molar-refractivity contribution in [2.24, 2.45) is 5.92 Å². The Morgan fingerprint density at radius 3 is 2.48 bits per heavy atom. The highest BCUT2D eigenvalue weighted by Gasteiger charge is 2.31. The average molecular weight is 407 g/mol. The van der Waals surface area contributed by atoms with E-state index in [1.54, 1.807) is 18.2 Å². The van der Waals surface area contributed by atoms with Crippen LogP contribution in [0.2, 0.25) is 0 Å². The van der Waals surface area contributed by atoms with E-state index in [1.807, 2.05) is 4.90 Å². The molecule has 1 saturated heterocycles. The van der Waals surface area contributed by atoms with Gasteiger partial charge in [0, 0.05) is 31.6 Å². The van der Waals surface area contributed by atoms with Crippen LogP contribution in [0.25, 0.3) is 0 Å². The van der Waals surface area contributed by atoms with E-state index in [0.29, 0.717) is 37.2 Å². The molecule has 0 aromatic heterocycles. The summed E-state index contributed by atoms with van der Waals surface area (Å²) in [5.41, 5.74) is 0.188. The number of nitrogens with zero attached hydrogens (tertiary/aromatic N) is 2. The molecule has 1 amide bonds. The van der Waals surface area contributed by atoms with Crippen molar-refractivity contribution in [2.75, 3.05) is 18.0 Å². The quantitative estimate of drug-likeness (QED) is 0.597. The number of rotatable bonds is 5. The van der Waals surface area contributed by atoms with Gasteiger partial charge < -0.3 is 10.2 Å². The minimum atomic E-state index is -4.42. The number of alkyl halides is 3. The molecular weight excluding hydrogens is 387 g/mol. The number of para-hydroxylation sites is 2. The van der Waals surface area contributed by atoms with Gasteiger partial charge in [0.05, 0.1) is 10.5 Å². The fourth-order valence-electron chi connectivity index (χ4n) is 3.46. The molecule has 0 radical (unpaired) electrons. The highest BCUT2D eigenvalue weighted by atomic mass is 19.4. The maximum absolute atomic E-state index is 12.8. The van der Waals surface area contributed by atoms with E-state index in [0.717, 1.165) is 12.1 Å². The van der Waals surface area contributed by atoms with Crippen molar-refractivity contribution < 1.29 is 22.9 Å². The third-order valence-electron chi connectivity index (χ3n) is 5.01. The molecule has 1 aliphatic heterocycles. The lowest BCUT2D eigenvalue weighted by atomic mass is 9.95. The van der Waals surface area contributed by atoms with Crippen LogP contribution in [0.5, 0.6) is 0 Å². The molecule has 154 valence electrons. The van der Waals surface area contributed by atoms with E-state index in [9.17, 15) is 28.1 Å². The first-order valence-corrected chi connectivity index (χ1v) is 9.18. The molecule has 3 rings (SSSR count). The standard InChI is InChI=1S/C20H20F3N3O3/c21-20(22,23)16-5-3-4-14(12-16)13-24-19(27)15-8-10-25(11-9-15)17-6-1-2-7-18(17)26(28)29/h1-7,12,15H,8-11,13H2,(H,24,27). The molecule has 0 atom stereocenters. The Labute approximate surface area is 165 Å². The van der Waals surface area contributed by atoms with Crippen molar-refractivity contribution in [3.8, 4) is 0 Å². The van der Waals surface area contributed by atoms with Crippen LogP contribution < -0.4 is 10.2 Å². The highest BCUT2D eigenvalue weighted by Crippen LogP contribution is 2.31. The molecule has 0 saturated carbocycles. The molecule has 1 N–H and O–H groups in total. The van der Waals surface area contributed by atoms with Gasteiger partial charge in [-0.05, 0) is 36.6 Å². The van der Waals surface area contributed by atoms with Gasteiger partial charge in [0.1, 0.15) is 5.69 Å². The first kappa shape index (κ1) is 20.6. The smallest absolute Gasteiger partial charge is 0.366 e. The van der Waals surface area contributed by atoms with E-state index in [-0.39, 0.29) is 24.1 Å². The van der Waals surface area contributed by atoms with Crippen LogP contribution in [-0.2, 0) is 17.5 Å². The monoisotopic (exact) mass is 407 g/mol. The fourth-order valence-corrected chi connectivity index (χ4v) is 3.46. The van der Waals surface area contributed by atoms with Crippen molar-refractivity contribution in [3.63, 3.8) is 0 Å². The summed E-state index contributed by atoms with van der Waals surface area (Å²) in [4.78, 5) is 25.1. The lowest BCUT2D eigenvalue weighted by Gasteiger charge is -2.32. The molecule has 1 fully saturated rings. The van der Waals surface area contributed by atoms with Crippen molar-refractivity contribution in [3.05, 3.63) is 69.8 Å². The highest BCUT2D eigenvalue weighted by molar-refractivity contribution is 5.79. The topological polar surface area (TPSA) is 75.5 Å². The van der Waals surface area contributed by atoms with Gasteiger partial charge in [-0.2, -0.15) is 13.2 Å². The van der Waals surface area contributed by atoms with Crippen molar-refractivity contribution >= 4 is 17.3 Å². The number of carbonyl (C=O) groups excluding carboxylic acids is 1. The van der Waals surface area contributed by atoms with Gasteiger partial charge in [-0.25, -0.2) is 0 Å². The number of nitro benzene ring substituents is 1. The van der Waals surface area contributed by atoms with Crippen molar-refractivity contribution in [1.29, 1.82) is 0 Å². The summed E-state index contributed by atoms with van der Waals surface area (Å²) in [6.07, 6.45) is -3.39. The third kappa shape index (κ3) is 5.04. The number of halogens is 3. The van der Waals surface area contributed by atoms with Crippen LogP contribution in [-0.4, -0.2) is 23.9 Å². The van der Waals surface area contributed by atoms with E-state index >= 15 is 0 Å². The molecular formula is C20H20F3N3O3. The largest absolute Gasteiger partial charge is 0.416 e. The minimum absolute atomic E-state index is 0.0210. The van der Waals surface area contributed by atoms with Gasteiger partial charge in [0.25, 0.3) is 5.69 Å². The predicted molar refractivity (Wildman–Crippen MR) is 101 cm³/mol. The number of hydrogen-bond acceptors (Lipinski definition) is 4. The van der Waals surface area contributed by atoms with E-state index in [1.165, 1.54) is 18.2 Å². The zero-order chi connectivity index (χ0) is 21.0. The molecule has 0 bridgehead atoms. The maximum Gasteiger partial charge on any atom is 0.416 e. The summed E-state index contributed by atoms with van der Waals surface area (Å²) in [6.45, 7) is 1.01. The first-order chi connectivity index (χ1) is 13.8. The predicted octanol–water partition coefficient (Wildman–Crippen LogP) is 4.15. The number of benzene rings is 2. The Bertz CT molecular complexity index is 894. The molecule has 1 heterocycles. The second-order valence-electron chi connectivity index (χ2n) is 6.92. The molecule has 2 aromatic carbocycles. The fraction of sp³-hybridized carbons (Fsp3) is 0.350. The van der Waals surface area contributed by atoms with Crippen LogP contribution in [0.4, 0.5) is 24.5 Å². The normalized spacial score (nSPS) is 15.2. The van der Waals surface area contributed by atoms with Crippen LogP contribution in [0.15, 0.2) is 48.5 Å². The molecule has 1 aliphatic rings. The van der Waals surface area contributed by atoms with E-state index in [4.69, 9.17) is 0 Å². The third-order valence-corrected chi connectivity index (χ3v) is 5.01. The van der Waals surface area contributed by atoms with Crippen LogP contribution in [0.3, 0.4) is 0 Å². The maximum atomic E-state index is 12.8. The molecule has 0 spiro atoms. The summed E-state index contributed by atoms with van der Waals surface area (Å²) in [5, 5.41) is 13.9.